The van der Waals surface area contributed by atoms with Crippen LogP contribution in [0.1, 0.15) is 69.8 Å². The van der Waals surface area contributed by atoms with Crippen LogP contribution in [0.4, 0.5) is 0 Å². The van der Waals surface area contributed by atoms with Gasteiger partial charge in [0.25, 0.3) is 0 Å². The van der Waals surface area contributed by atoms with Crippen LogP contribution in [-0.2, 0) is 10.3 Å². The zero-order valence-corrected chi connectivity index (χ0v) is 13.0. The number of hydrogen-bond acceptors (Lipinski definition) is 3. The number of ether oxygens (including phenoxy) is 1. The SMILES string of the molecule is CCC(CC)(OC)c1nc(=S)cc(C2CCCC2)[nH]1. The van der Waals surface area contributed by atoms with Crippen LogP contribution in [0.5, 0.6) is 0 Å². The highest BCUT2D eigenvalue weighted by atomic mass is 32.1. The largest absolute Gasteiger partial charge is 0.370 e. The summed E-state index contributed by atoms with van der Waals surface area (Å²) in [7, 11) is 1.76. The van der Waals surface area contributed by atoms with E-state index in [1.807, 2.05) is 6.07 Å². The Morgan fingerprint density at radius 3 is 2.53 bits per heavy atom. The molecule has 0 bridgehead atoms. The molecular weight excluding hydrogens is 256 g/mol. The highest BCUT2D eigenvalue weighted by Crippen LogP contribution is 2.35. The van der Waals surface area contributed by atoms with E-state index < -0.39 is 0 Å². The molecule has 106 valence electrons. The molecule has 1 aliphatic carbocycles. The number of rotatable bonds is 5. The normalized spacial score (nSPS) is 17.0. The van der Waals surface area contributed by atoms with Crippen LogP contribution >= 0.6 is 12.2 Å². The van der Waals surface area contributed by atoms with Crippen LogP contribution < -0.4 is 0 Å². The Hall–Kier alpha value is -0.740. The number of nitrogens with one attached hydrogen (secondary N) is 1. The summed E-state index contributed by atoms with van der Waals surface area (Å²) in [6, 6.07) is 2.03. The van der Waals surface area contributed by atoms with Gasteiger partial charge in [0.2, 0.25) is 0 Å². The van der Waals surface area contributed by atoms with E-state index in [0.29, 0.717) is 10.6 Å². The second kappa shape index (κ2) is 6.14. The molecule has 3 nitrogen and oxygen atoms in total. The number of aromatic amines is 1. The third kappa shape index (κ3) is 2.90. The van der Waals surface area contributed by atoms with E-state index in [2.05, 4.69) is 23.8 Å². The smallest absolute Gasteiger partial charge is 0.140 e. The Kier molecular flexibility index (Phi) is 4.74. The van der Waals surface area contributed by atoms with E-state index in [1.54, 1.807) is 7.11 Å². The average molecular weight is 280 g/mol. The van der Waals surface area contributed by atoms with Gasteiger partial charge in [0, 0.05) is 12.8 Å². The molecule has 2 rings (SSSR count). The lowest BCUT2D eigenvalue weighted by Crippen LogP contribution is -2.30. The van der Waals surface area contributed by atoms with E-state index in [1.165, 1.54) is 31.4 Å². The first-order chi connectivity index (χ1) is 9.15. The highest BCUT2D eigenvalue weighted by molar-refractivity contribution is 7.71. The second-order valence-electron chi connectivity index (χ2n) is 5.41. The van der Waals surface area contributed by atoms with Crippen molar-refractivity contribution in [1.29, 1.82) is 0 Å². The number of H-pyrrole nitrogens is 1. The zero-order valence-electron chi connectivity index (χ0n) is 12.2. The van der Waals surface area contributed by atoms with E-state index in [-0.39, 0.29) is 5.60 Å². The van der Waals surface area contributed by atoms with Gasteiger partial charge in [-0.15, -0.1) is 0 Å². The van der Waals surface area contributed by atoms with Crippen molar-refractivity contribution < 1.29 is 4.74 Å². The summed E-state index contributed by atoms with van der Waals surface area (Å²) in [5, 5.41) is 0. The first-order valence-corrected chi connectivity index (χ1v) is 7.73. The van der Waals surface area contributed by atoms with Crippen LogP contribution in [-0.4, -0.2) is 17.1 Å². The summed E-state index contributed by atoms with van der Waals surface area (Å²) in [4.78, 5) is 8.04. The number of hydrogen-bond donors (Lipinski definition) is 1. The topological polar surface area (TPSA) is 37.9 Å². The van der Waals surface area contributed by atoms with Gasteiger partial charge in [0.1, 0.15) is 16.1 Å². The Morgan fingerprint density at radius 2 is 2.00 bits per heavy atom. The molecule has 0 amide bonds. The van der Waals surface area contributed by atoms with Crippen molar-refractivity contribution in [2.75, 3.05) is 7.11 Å². The number of aromatic nitrogens is 2. The van der Waals surface area contributed by atoms with E-state index in [9.17, 15) is 0 Å². The van der Waals surface area contributed by atoms with E-state index in [4.69, 9.17) is 17.0 Å². The Balaban J connectivity index is 2.43. The predicted octanol–water partition coefficient (Wildman–Crippen LogP) is 4.46. The van der Waals surface area contributed by atoms with Gasteiger partial charge in [0.15, 0.2) is 0 Å². The molecule has 0 unspecified atom stereocenters. The summed E-state index contributed by atoms with van der Waals surface area (Å²) in [5.41, 5.74) is 0.915. The average Bonchev–Trinajstić information content (AvgIpc) is 2.95. The molecule has 1 saturated carbocycles. The molecule has 1 aliphatic rings. The maximum absolute atomic E-state index is 5.75. The zero-order chi connectivity index (χ0) is 13.9. The first kappa shape index (κ1) is 14.7. The van der Waals surface area contributed by atoms with Crippen molar-refractivity contribution in [1.82, 2.24) is 9.97 Å². The summed E-state index contributed by atoms with van der Waals surface area (Å²) in [5.74, 6) is 1.51. The molecule has 0 saturated heterocycles. The summed E-state index contributed by atoms with van der Waals surface area (Å²) >= 11 is 5.35. The summed E-state index contributed by atoms with van der Waals surface area (Å²) < 4.78 is 6.43. The second-order valence-corrected chi connectivity index (χ2v) is 5.83. The molecular formula is C15H24N2OS. The van der Waals surface area contributed by atoms with Crippen molar-refractivity contribution in [3.8, 4) is 0 Å². The maximum Gasteiger partial charge on any atom is 0.140 e. The Labute approximate surface area is 120 Å². The molecule has 1 aromatic heterocycles. The van der Waals surface area contributed by atoms with E-state index >= 15 is 0 Å². The summed E-state index contributed by atoms with van der Waals surface area (Å²) in [6.45, 7) is 4.27. The fourth-order valence-electron chi connectivity index (χ4n) is 3.12. The minimum Gasteiger partial charge on any atom is -0.370 e. The van der Waals surface area contributed by atoms with Crippen LogP contribution in [0.15, 0.2) is 6.07 Å². The first-order valence-electron chi connectivity index (χ1n) is 7.32. The van der Waals surface area contributed by atoms with Gasteiger partial charge in [-0.1, -0.05) is 38.9 Å². The fraction of sp³-hybridized carbons (Fsp3) is 0.733. The fourth-order valence-corrected chi connectivity index (χ4v) is 3.34. The van der Waals surface area contributed by atoms with Gasteiger partial charge < -0.3 is 9.72 Å². The van der Waals surface area contributed by atoms with Gasteiger partial charge in [0.05, 0.1) is 0 Å². The molecule has 0 aromatic carbocycles. The predicted molar refractivity (Wildman–Crippen MR) is 79.9 cm³/mol. The van der Waals surface area contributed by atoms with Crippen LogP contribution in [0, 0.1) is 4.64 Å². The van der Waals surface area contributed by atoms with Crippen molar-refractivity contribution in [2.45, 2.75) is 63.9 Å². The van der Waals surface area contributed by atoms with Gasteiger partial charge in [-0.25, -0.2) is 4.98 Å². The van der Waals surface area contributed by atoms with Gasteiger partial charge in [-0.3, -0.25) is 0 Å². The molecule has 1 heterocycles. The number of nitrogens with zero attached hydrogens (tertiary/aromatic N) is 1. The lowest BCUT2D eigenvalue weighted by atomic mass is 9.95. The molecule has 1 fully saturated rings. The minimum atomic E-state index is -0.331. The lowest BCUT2D eigenvalue weighted by Gasteiger charge is -2.29. The van der Waals surface area contributed by atoms with Crippen LogP contribution in [0.2, 0.25) is 0 Å². The highest BCUT2D eigenvalue weighted by Gasteiger charge is 2.31. The molecule has 0 atom stereocenters. The monoisotopic (exact) mass is 280 g/mol. The summed E-state index contributed by atoms with van der Waals surface area (Å²) in [6.07, 6.45) is 6.94. The molecule has 0 aliphatic heterocycles. The standard InChI is InChI=1S/C15H24N2OS/c1-4-15(5-2,18-3)14-16-12(10-13(19)17-14)11-8-6-7-9-11/h10-11H,4-9H2,1-3H3,(H,16,17,19). The van der Waals surface area contributed by atoms with Crippen LogP contribution in [0.3, 0.4) is 0 Å². The third-order valence-corrected chi connectivity index (χ3v) is 4.73. The third-order valence-electron chi connectivity index (χ3n) is 4.52. The van der Waals surface area contributed by atoms with Crippen molar-refractivity contribution >= 4 is 12.2 Å². The van der Waals surface area contributed by atoms with Gasteiger partial charge >= 0.3 is 0 Å². The molecule has 19 heavy (non-hydrogen) atoms. The molecule has 0 radical (unpaired) electrons. The minimum absolute atomic E-state index is 0.331. The van der Waals surface area contributed by atoms with Crippen LogP contribution in [0.25, 0.3) is 0 Å². The molecule has 1 N–H and O–H groups in total. The molecule has 0 spiro atoms. The van der Waals surface area contributed by atoms with Crippen molar-refractivity contribution in [3.05, 3.63) is 22.2 Å². The molecule has 1 aromatic rings. The Bertz CT molecular complexity index is 465. The quantitative estimate of drug-likeness (QED) is 0.809. The number of methoxy groups -OCH3 is 1. The lowest BCUT2D eigenvalue weighted by molar-refractivity contribution is -0.0294. The maximum atomic E-state index is 5.75. The van der Waals surface area contributed by atoms with E-state index in [0.717, 1.165) is 18.7 Å². The van der Waals surface area contributed by atoms with Crippen molar-refractivity contribution in [3.63, 3.8) is 0 Å². The van der Waals surface area contributed by atoms with Gasteiger partial charge in [-0.05, 0) is 37.7 Å². The molecule has 4 heteroatoms. The Morgan fingerprint density at radius 1 is 1.37 bits per heavy atom. The van der Waals surface area contributed by atoms with Crippen molar-refractivity contribution in [2.24, 2.45) is 0 Å². The van der Waals surface area contributed by atoms with Gasteiger partial charge in [-0.2, -0.15) is 0 Å².